The second kappa shape index (κ2) is 6.64. The van der Waals surface area contributed by atoms with Crippen molar-refractivity contribution in [2.45, 2.75) is 19.5 Å². The fraction of sp³-hybridized carbons (Fsp3) is 0.250. The molecule has 20 heavy (non-hydrogen) atoms. The molecule has 0 aliphatic heterocycles. The molecule has 3 nitrogen and oxygen atoms in total. The molecule has 2 rings (SSSR count). The highest BCUT2D eigenvalue weighted by atomic mass is 35.5. The lowest BCUT2D eigenvalue weighted by atomic mass is 10.1. The van der Waals surface area contributed by atoms with Gasteiger partial charge in [0.15, 0.2) is 11.5 Å². The van der Waals surface area contributed by atoms with Crippen molar-refractivity contribution in [2.24, 2.45) is 0 Å². The summed E-state index contributed by atoms with van der Waals surface area (Å²) in [6.45, 7) is 2.74. The Bertz CT molecular complexity index is 586. The molecule has 0 bridgehead atoms. The Balaban J connectivity index is 1.99. The van der Waals surface area contributed by atoms with Crippen LogP contribution in [0.2, 0.25) is 5.02 Å². The van der Waals surface area contributed by atoms with Crippen LogP contribution < -0.4 is 10.1 Å². The van der Waals surface area contributed by atoms with Gasteiger partial charge in [0.2, 0.25) is 0 Å². The van der Waals surface area contributed by atoms with Crippen molar-refractivity contribution >= 4 is 11.6 Å². The van der Waals surface area contributed by atoms with Gasteiger partial charge in [0, 0.05) is 17.6 Å². The highest BCUT2D eigenvalue weighted by Crippen LogP contribution is 2.26. The fourth-order valence-corrected chi connectivity index (χ4v) is 2.21. The van der Waals surface area contributed by atoms with Crippen LogP contribution in [-0.4, -0.2) is 12.2 Å². The average molecular weight is 292 g/mol. The molecule has 0 radical (unpaired) electrons. The molecular formula is C16H18ClNO2. The average Bonchev–Trinajstić information content (AvgIpc) is 2.45. The number of phenolic OH excluding ortho intramolecular Hbond substituents is 1. The normalized spacial score (nSPS) is 12.2. The topological polar surface area (TPSA) is 41.5 Å². The van der Waals surface area contributed by atoms with Gasteiger partial charge in [-0.1, -0.05) is 29.8 Å². The first-order valence-electron chi connectivity index (χ1n) is 6.45. The van der Waals surface area contributed by atoms with Crippen molar-refractivity contribution < 1.29 is 9.84 Å². The van der Waals surface area contributed by atoms with E-state index in [0.717, 1.165) is 16.1 Å². The summed E-state index contributed by atoms with van der Waals surface area (Å²) in [5.41, 5.74) is 2.13. The Morgan fingerprint density at radius 1 is 1.25 bits per heavy atom. The zero-order chi connectivity index (χ0) is 14.5. The quantitative estimate of drug-likeness (QED) is 0.878. The molecule has 106 valence electrons. The van der Waals surface area contributed by atoms with Gasteiger partial charge in [0.05, 0.1) is 7.11 Å². The van der Waals surface area contributed by atoms with E-state index in [-0.39, 0.29) is 11.8 Å². The summed E-state index contributed by atoms with van der Waals surface area (Å²) in [5.74, 6) is 0.638. The van der Waals surface area contributed by atoms with Gasteiger partial charge in [-0.25, -0.2) is 0 Å². The maximum Gasteiger partial charge on any atom is 0.160 e. The molecule has 0 aliphatic rings. The van der Waals surface area contributed by atoms with Gasteiger partial charge >= 0.3 is 0 Å². The van der Waals surface area contributed by atoms with Crippen LogP contribution in [0.25, 0.3) is 0 Å². The number of ether oxygens (including phenoxy) is 1. The van der Waals surface area contributed by atoms with Gasteiger partial charge in [-0.2, -0.15) is 0 Å². The number of halogens is 1. The Hall–Kier alpha value is -1.71. The van der Waals surface area contributed by atoms with Crippen molar-refractivity contribution in [3.8, 4) is 11.5 Å². The molecular weight excluding hydrogens is 274 g/mol. The fourth-order valence-electron chi connectivity index (χ4n) is 2.01. The van der Waals surface area contributed by atoms with E-state index in [0.29, 0.717) is 12.3 Å². The lowest BCUT2D eigenvalue weighted by Gasteiger charge is -2.15. The van der Waals surface area contributed by atoms with Gasteiger partial charge in [-0.3, -0.25) is 0 Å². The molecule has 2 N–H and O–H groups in total. The van der Waals surface area contributed by atoms with Crippen molar-refractivity contribution in [3.05, 3.63) is 58.6 Å². The zero-order valence-corrected chi connectivity index (χ0v) is 12.3. The van der Waals surface area contributed by atoms with Crippen molar-refractivity contribution in [2.75, 3.05) is 7.11 Å². The van der Waals surface area contributed by atoms with Crippen LogP contribution in [0.1, 0.15) is 24.1 Å². The van der Waals surface area contributed by atoms with Gasteiger partial charge in [0.1, 0.15) is 0 Å². The van der Waals surface area contributed by atoms with Gasteiger partial charge in [-0.15, -0.1) is 0 Å². The standard InChI is InChI=1S/C16H18ClNO2/c1-11(13-4-3-5-14(17)9-13)18-10-12-6-7-16(20-2)15(19)8-12/h3-9,11,18-19H,10H2,1-2H3/t11-/m1/s1. The van der Waals surface area contributed by atoms with Crippen LogP contribution in [0.4, 0.5) is 0 Å². The van der Waals surface area contributed by atoms with Crippen LogP contribution in [0.15, 0.2) is 42.5 Å². The van der Waals surface area contributed by atoms with Crippen LogP contribution in [0.3, 0.4) is 0 Å². The third-order valence-corrected chi connectivity index (χ3v) is 3.44. The summed E-state index contributed by atoms with van der Waals surface area (Å²) in [5, 5.41) is 13.9. The highest BCUT2D eigenvalue weighted by molar-refractivity contribution is 6.30. The third-order valence-electron chi connectivity index (χ3n) is 3.20. The molecule has 0 spiro atoms. The first-order chi connectivity index (χ1) is 9.60. The minimum absolute atomic E-state index is 0.155. The van der Waals surface area contributed by atoms with E-state index in [1.807, 2.05) is 30.3 Å². The van der Waals surface area contributed by atoms with Gasteiger partial charge < -0.3 is 15.2 Å². The third kappa shape index (κ3) is 3.65. The lowest BCUT2D eigenvalue weighted by Crippen LogP contribution is -2.18. The highest BCUT2D eigenvalue weighted by Gasteiger charge is 2.07. The number of aromatic hydroxyl groups is 1. The number of phenols is 1. The molecule has 0 saturated carbocycles. The number of methoxy groups -OCH3 is 1. The Morgan fingerprint density at radius 3 is 2.70 bits per heavy atom. The number of benzene rings is 2. The molecule has 0 unspecified atom stereocenters. The second-order valence-electron chi connectivity index (χ2n) is 4.66. The summed E-state index contributed by atoms with van der Waals surface area (Å²) in [6.07, 6.45) is 0. The number of nitrogens with one attached hydrogen (secondary N) is 1. The molecule has 0 amide bonds. The van der Waals surface area contributed by atoms with Crippen LogP contribution in [0, 0.1) is 0 Å². The maximum atomic E-state index is 9.74. The zero-order valence-electron chi connectivity index (χ0n) is 11.6. The smallest absolute Gasteiger partial charge is 0.160 e. The van der Waals surface area contributed by atoms with Crippen LogP contribution >= 0.6 is 11.6 Å². The molecule has 0 saturated heterocycles. The summed E-state index contributed by atoms with van der Waals surface area (Å²) in [4.78, 5) is 0. The Morgan fingerprint density at radius 2 is 2.05 bits per heavy atom. The summed E-state index contributed by atoms with van der Waals surface area (Å²) >= 11 is 5.99. The minimum Gasteiger partial charge on any atom is -0.504 e. The first kappa shape index (κ1) is 14.7. The number of hydrogen-bond acceptors (Lipinski definition) is 3. The first-order valence-corrected chi connectivity index (χ1v) is 6.82. The van der Waals surface area contributed by atoms with E-state index < -0.39 is 0 Å². The second-order valence-corrected chi connectivity index (χ2v) is 5.10. The predicted molar refractivity (Wildman–Crippen MR) is 81.4 cm³/mol. The monoisotopic (exact) mass is 291 g/mol. The summed E-state index contributed by atoms with van der Waals surface area (Å²) < 4.78 is 5.02. The molecule has 2 aromatic carbocycles. The molecule has 4 heteroatoms. The summed E-state index contributed by atoms with van der Waals surface area (Å²) in [6, 6.07) is 13.4. The Kier molecular flexibility index (Phi) is 4.88. The van der Waals surface area contributed by atoms with Crippen LogP contribution in [0.5, 0.6) is 11.5 Å². The molecule has 0 heterocycles. The van der Waals surface area contributed by atoms with E-state index in [1.54, 1.807) is 12.1 Å². The maximum absolute atomic E-state index is 9.74. The molecule has 0 aromatic heterocycles. The Labute approximate surface area is 124 Å². The van der Waals surface area contributed by atoms with Crippen molar-refractivity contribution in [1.29, 1.82) is 0 Å². The van der Waals surface area contributed by atoms with E-state index in [9.17, 15) is 5.11 Å². The molecule has 1 atom stereocenters. The molecule has 0 aliphatic carbocycles. The van der Waals surface area contributed by atoms with Crippen molar-refractivity contribution in [3.63, 3.8) is 0 Å². The van der Waals surface area contributed by atoms with Crippen molar-refractivity contribution in [1.82, 2.24) is 5.32 Å². The largest absolute Gasteiger partial charge is 0.504 e. The summed E-state index contributed by atoms with van der Waals surface area (Å²) in [7, 11) is 1.54. The minimum atomic E-state index is 0.155. The number of rotatable bonds is 5. The van der Waals surface area contributed by atoms with E-state index in [1.165, 1.54) is 7.11 Å². The van der Waals surface area contributed by atoms with Crippen LogP contribution in [-0.2, 0) is 6.54 Å². The SMILES string of the molecule is COc1ccc(CN[C@H](C)c2cccc(Cl)c2)cc1O. The van der Waals surface area contributed by atoms with Gasteiger partial charge in [0.25, 0.3) is 0 Å². The van der Waals surface area contributed by atoms with E-state index in [4.69, 9.17) is 16.3 Å². The lowest BCUT2D eigenvalue weighted by molar-refractivity contribution is 0.373. The van der Waals surface area contributed by atoms with Gasteiger partial charge in [-0.05, 0) is 42.3 Å². The number of hydrogen-bond donors (Lipinski definition) is 2. The van der Waals surface area contributed by atoms with E-state index in [2.05, 4.69) is 12.2 Å². The predicted octanol–water partition coefficient (Wildman–Crippen LogP) is 3.91. The molecule has 0 fully saturated rings. The van der Waals surface area contributed by atoms with E-state index >= 15 is 0 Å². The molecule has 2 aromatic rings.